The predicted molar refractivity (Wildman–Crippen MR) is 70.5 cm³/mol. The zero-order valence-corrected chi connectivity index (χ0v) is 11.1. The third-order valence-corrected chi connectivity index (χ3v) is 4.74. The van der Waals surface area contributed by atoms with Crippen molar-refractivity contribution >= 4 is 11.3 Å². The lowest BCUT2D eigenvalue weighted by atomic mass is 10.0. The van der Waals surface area contributed by atoms with Crippen LogP contribution in [0.5, 0.6) is 0 Å². The first-order chi connectivity index (χ1) is 7.72. The number of hydrazine groups is 1. The fourth-order valence-electron chi connectivity index (χ4n) is 2.45. The van der Waals surface area contributed by atoms with Gasteiger partial charge in [-0.2, -0.15) is 0 Å². The lowest BCUT2D eigenvalue weighted by Crippen LogP contribution is -2.30. The van der Waals surface area contributed by atoms with Gasteiger partial charge in [0.05, 0.1) is 6.04 Å². The molecule has 3 N–H and O–H groups in total. The Morgan fingerprint density at radius 3 is 2.69 bits per heavy atom. The Morgan fingerprint density at radius 2 is 2.00 bits per heavy atom. The average Bonchev–Trinajstić information content (AvgIpc) is 2.50. The number of thiophene rings is 1. The van der Waals surface area contributed by atoms with Crippen LogP contribution in [-0.2, 0) is 12.8 Å². The monoisotopic (exact) mass is 238 g/mol. The standard InChI is InChI=1S/C13H22N2S/c1-9(2)13(15-14)12-8-10-6-4-3-5-7-11(10)16-12/h8-9,13,15H,3-7,14H2,1-2H3. The van der Waals surface area contributed by atoms with Gasteiger partial charge in [-0.3, -0.25) is 11.3 Å². The van der Waals surface area contributed by atoms with E-state index < -0.39 is 0 Å². The molecule has 0 aromatic carbocycles. The summed E-state index contributed by atoms with van der Waals surface area (Å²) >= 11 is 1.97. The molecule has 0 saturated carbocycles. The second kappa shape index (κ2) is 5.30. The SMILES string of the molecule is CC(C)C(NN)c1cc2c(s1)CCCCC2. The highest BCUT2D eigenvalue weighted by Crippen LogP contribution is 2.34. The molecule has 3 heteroatoms. The summed E-state index contributed by atoms with van der Waals surface area (Å²) in [7, 11) is 0. The maximum Gasteiger partial charge on any atom is 0.0576 e. The quantitative estimate of drug-likeness (QED) is 0.482. The predicted octanol–water partition coefficient (Wildman–Crippen LogP) is 3.18. The van der Waals surface area contributed by atoms with Crippen LogP contribution in [0.3, 0.4) is 0 Å². The lowest BCUT2D eigenvalue weighted by Gasteiger charge is -2.17. The van der Waals surface area contributed by atoms with Gasteiger partial charge in [0.15, 0.2) is 0 Å². The van der Waals surface area contributed by atoms with Crippen molar-refractivity contribution < 1.29 is 0 Å². The van der Waals surface area contributed by atoms with Crippen LogP contribution in [-0.4, -0.2) is 0 Å². The highest BCUT2D eigenvalue weighted by molar-refractivity contribution is 7.12. The summed E-state index contributed by atoms with van der Waals surface area (Å²) < 4.78 is 0. The maximum absolute atomic E-state index is 5.65. The number of hydrogen-bond donors (Lipinski definition) is 2. The molecule has 0 aliphatic heterocycles. The molecular weight excluding hydrogens is 216 g/mol. The van der Waals surface area contributed by atoms with Crippen molar-refractivity contribution in [3.05, 3.63) is 21.4 Å². The molecule has 2 rings (SSSR count). The van der Waals surface area contributed by atoms with Gasteiger partial charge in [-0.1, -0.05) is 20.3 Å². The van der Waals surface area contributed by atoms with E-state index in [1.54, 1.807) is 10.4 Å². The lowest BCUT2D eigenvalue weighted by molar-refractivity contribution is 0.427. The fourth-order valence-corrected chi connectivity index (χ4v) is 3.94. The molecule has 0 spiro atoms. The van der Waals surface area contributed by atoms with Gasteiger partial charge in [-0.25, -0.2) is 0 Å². The van der Waals surface area contributed by atoms with E-state index in [1.165, 1.54) is 37.0 Å². The third-order valence-electron chi connectivity index (χ3n) is 3.42. The summed E-state index contributed by atoms with van der Waals surface area (Å²) in [5.74, 6) is 6.20. The molecule has 90 valence electrons. The number of aryl methyl sites for hydroxylation is 2. The molecule has 1 aliphatic carbocycles. The second-order valence-corrected chi connectivity index (χ2v) is 6.21. The molecule has 1 aromatic heterocycles. The van der Waals surface area contributed by atoms with Crippen LogP contribution in [0, 0.1) is 5.92 Å². The van der Waals surface area contributed by atoms with Gasteiger partial charge in [-0.05, 0) is 43.2 Å². The van der Waals surface area contributed by atoms with Crippen LogP contribution in [0.4, 0.5) is 0 Å². The summed E-state index contributed by atoms with van der Waals surface area (Å²) in [5.41, 5.74) is 4.53. The van der Waals surface area contributed by atoms with E-state index in [1.807, 2.05) is 11.3 Å². The van der Waals surface area contributed by atoms with Gasteiger partial charge >= 0.3 is 0 Å². The van der Waals surface area contributed by atoms with Gasteiger partial charge in [-0.15, -0.1) is 11.3 Å². The molecule has 1 atom stereocenters. The topological polar surface area (TPSA) is 38.0 Å². The Hall–Kier alpha value is -0.380. The molecule has 0 amide bonds. The van der Waals surface area contributed by atoms with Crippen molar-refractivity contribution in [1.82, 2.24) is 5.43 Å². The van der Waals surface area contributed by atoms with Gasteiger partial charge < -0.3 is 0 Å². The molecule has 1 heterocycles. The van der Waals surface area contributed by atoms with Crippen LogP contribution in [0.15, 0.2) is 6.07 Å². The summed E-state index contributed by atoms with van der Waals surface area (Å²) in [5, 5.41) is 0. The van der Waals surface area contributed by atoms with E-state index in [4.69, 9.17) is 5.84 Å². The Balaban J connectivity index is 2.23. The first-order valence-electron chi connectivity index (χ1n) is 6.30. The summed E-state index contributed by atoms with van der Waals surface area (Å²) in [6.45, 7) is 4.44. The average molecular weight is 238 g/mol. The maximum atomic E-state index is 5.65. The number of nitrogens with one attached hydrogen (secondary N) is 1. The number of fused-ring (bicyclic) bond motifs is 1. The van der Waals surface area contributed by atoms with Gasteiger partial charge in [0, 0.05) is 9.75 Å². The first kappa shape index (κ1) is 12.1. The van der Waals surface area contributed by atoms with Crippen molar-refractivity contribution in [2.24, 2.45) is 11.8 Å². The van der Waals surface area contributed by atoms with E-state index in [-0.39, 0.29) is 0 Å². The van der Waals surface area contributed by atoms with Gasteiger partial charge in [0.2, 0.25) is 0 Å². The highest BCUT2D eigenvalue weighted by Gasteiger charge is 2.19. The van der Waals surface area contributed by atoms with Crippen molar-refractivity contribution in [3.63, 3.8) is 0 Å². The molecule has 0 saturated heterocycles. The van der Waals surface area contributed by atoms with Crippen LogP contribution in [0.1, 0.15) is 54.5 Å². The van der Waals surface area contributed by atoms with E-state index in [0.717, 1.165) is 0 Å². The zero-order chi connectivity index (χ0) is 11.5. The molecule has 1 unspecified atom stereocenters. The molecule has 0 radical (unpaired) electrons. The normalized spacial score (nSPS) is 18.2. The Kier molecular flexibility index (Phi) is 4.00. The largest absolute Gasteiger partial charge is 0.271 e. The Labute approximate surface area is 102 Å². The van der Waals surface area contributed by atoms with Crippen LogP contribution in [0.2, 0.25) is 0 Å². The smallest absolute Gasteiger partial charge is 0.0576 e. The fraction of sp³-hybridized carbons (Fsp3) is 0.692. The Morgan fingerprint density at radius 1 is 1.25 bits per heavy atom. The number of rotatable bonds is 3. The second-order valence-electron chi connectivity index (χ2n) is 5.05. The van der Waals surface area contributed by atoms with E-state index >= 15 is 0 Å². The van der Waals surface area contributed by atoms with Crippen molar-refractivity contribution in [1.29, 1.82) is 0 Å². The first-order valence-corrected chi connectivity index (χ1v) is 7.11. The molecule has 1 aliphatic rings. The minimum atomic E-state index is 0.317. The number of nitrogens with two attached hydrogens (primary N) is 1. The van der Waals surface area contributed by atoms with Crippen molar-refractivity contribution in [2.45, 2.75) is 52.0 Å². The van der Waals surface area contributed by atoms with E-state index in [2.05, 4.69) is 25.3 Å². The highest BCUT2D eigenvalue weighted by atomic mass is 32.1. The molecule has 0 bridgehead atoms. The van der Waals surface area contributed by atoms with Crippen molar-refractivity contribution in [3.8, 4) is 0 Å². The van der Waals surface area contributed by atoms with Crippen LogP contribution in [0.25, 0.3) is 0 Å². The van der Waals surface area contributed by atoms with Crippen LogP contribution >= 0.6 is 11.3 Å². The Bertz CT molecular complexity index is 320. The minimum Gasteiger partial charge on any atom is -0.271 e. The van der Waals surface area contributed by atoms with E-state index in [9.17, 15) is 0 Å². The minimum absolute atomic E-state index is 0.317. The van der Waals surface area contributed by atoms with Gasteiger partial charge in [0.25, 0.3) is 0 Å². The van der Waals surface area contributed by atoms with E-state index in [0.29, 0.717) is 12.0 Å². The number of hydrogen-bond acceptors (Lipinski definition) is 3. The summed E-state index contributed by atoms with van der Waals surface area (Å²) in [4.78, 5) is 3.03. The molecule has 2 nitrogen and oxygen atoms in total. The molecular formula is C13H22N2S. The summed E-state index contributed by atoms with van der Waals surface area (Å²) in [6.07, 6.45) is 6.64. The molecule has 1 aromatic rings. The zero-order valence-electron chi connectivity index (χ0n) is 10.3. The van der Waals surface area contributed by atoms with Crippen LogP contribution < -0.4 is 11.3 Å². The molecule has 16 heavy (non-hydrogen) atoms. The third kappa shape index (κ3) is 2.47. The summed E-state index contributed by atoms with van der Waals surface area (Å²) in [6, 6.07) is 2.70. The van der Waals surface area contributed by atoms with Crippen molar-refractivity contribution in [2.75, 3.05) is 0 Å². The molecule has 0 fully saturated rings. The van der Waals surface area contributed by atoms with Gasteiger partial charge in [0.1, 0.15) is 0 Å².